The molecule has 0 bridgehead atoms. The van der Waals surface area contributed by atoms with Gasteiger partial charge in [0.1, 0.15) is 0 Å². The van der Waals surface area contributed by atoms with E-state index in [1.54, 1.807) is 12.1 Å². The quantitative estimate of drug-likeness (QED) is 0.771. The molecule has 0 aliphatic rings. The van der Waals surface area contributed by atoms with E-state index in [2.05, 4.69) is 11.6 Å². The van der Waals surface area contributed by atoms with Gasteiger partial charge in [0, 0.05) is 11.3 Å². The summed E-state index contributed by atoms with van der Waals surface area (Å²) in [4.78, 5) is 15.2. The van der Waals surface area contributed by atoms with E-state index in [1.807, 2.05) is 26.0 Å². The van der Waals surface area contributed by atoms with E-state index >= 15 is 0 Å². The molecule has 0 unspecified atom stereocenters. The Balaban J connectivity index is 2.78. The van der Waals surface area contributed by atoms with Crippen LogP contribution < -0.4 is 5.73 Å². The van der Waals surface area contributed by atoms with Crippen molar-refractivity contribution in [3.05, 3.63) is 42.0 Å². The van der Waals surface area contributed by atoms with Crippen molar-refractivity contribution in [1.82, 2.24) is 0 Å². The van der Waals surface area contributed by atoms with Crippen LogP contribution in [-0.2, 0) is 0 Å². The summed E-state index contributed by atoms with van der Waals surface area (Å²) in [7, 11) is 0. The average molecular weight is 216 g/mol. The highest BCUT2D eigenvalue weighted by Crippen LogP contribution is 2.13. The van der Waals surface area contributed by atoms with Crippen molar-refractivity contribution in [1.29, 1.82) is 0 Å². The van der Waals surface area contributed by atoms with Crippen LogP contribution in [-0.4, -0.2) is 18.2 Å². The third kappa shape index (κ3) is 3.35. The zero-order chi connectivity index (χ0) is 12.1. The molecular weight excluding hydrogens is 200 g/mol. The Morgan fingerprint density at radius 2 is 1.75 bits per heavy atom. The minimum atomic E-state index is -0.417. The first-order valence-corrected chi connectivity index (χ1v) is 5.06. The molecule has 2 N–H and O–H groups in total. The van der Waals surface area contributed by atoms with Crippen LogP contribution in [0.3, 0.4) is 0 Å². The number of nitrogens with zero attached hydrogens (tertiary/aromatic N) is 1. The van der Waals surface area contributed by atoms with Gasteiger partial charge in [-0.1, -0.05) is 18.7 Å². The van der Waals surface area contributed by atoms with Crippen molar-refractivity contribution in [3.63, 3.8) is 0 Å². The third-order valence-corrected chi connectivity index (χ3v) is 2.16. The minimum absolute atomic E-state index is 0.417. The maximum absolute atomic E-state index is 10.9. The van der Waals surface area contributed by atoms with Crippen LogP contribution in [0.5, 0.6) is 0 Å². The van der Waals surface area contributed by atoms with Gasteiger partial charge in [-0.2, -0.15) is 0 Å². The zero-order valence-electron chi connectivity index (χ0n) is 9.66. The highest BCUT2D eigenvalue weighted by molar-refractivity contribution is 5.93. The summed E-state index contributed by atoms with van der Waals surface area (Å²) in [6.45, 7) is 8.43. The second kappa shape index (κ2) is 5.26. The van der Waals surface area contributed by atoms with Crippen LogP contribution in [0, 0.1) is 0 Å². The lowest BCUT2D eigenvalue weighted by Gasteiger charge is -2.04. The highest BCUT2D eigenvalue weighted by Gasteiger charge is 2.01. The number of hydrogen-bond donors (Lipinski definition) is 1. The summed E-state index contributed by atoms with van der Waals surface area (Å²) >= 11 is 0. The minimum Gasteiger partial charge on any atom is -0.366 e. The first kappa shape index (κ1) is 12.2. The van der Waals surface area contributed by atoms with E-state index in [4.69, 9.17) is 5.73 Å². The largest absolute Gasteiger partial charge is 0.366 e. The monoisotopic (exact) mass is 216 g/mol. The van der Waals surface area contributed by atoms with Crippen molar-refractivity contribution >= 4 is 17.2 Å². The molecule has 0 saturated carbocycles. The Labute approximate surface area is 95.7 Å². The number of rotatable bonds is 4. The molecule has 1 aromatic rings. The molecule has 0 atom stereocenters. The standard InChI is InChI=1S/C13H16N2O/c1-9(2)15-8-10(3)11-4-6-12(7-5-11)13(14)16/h4-7H,3,8H2,1-2H3,(H2,14,16). The molecule has 0 spiro atoms. The van der Waals surface area contributed by atoms with Crippen LogP contribution in [0.1, 0.15) is 29.8 Å². The van der Waals surface area contributed by atoms with Crippen LogP contribution in [0.2, 0.25) is 0 Å². The molecule has 16 heavy (non-hydrogen) atoms. The predicted octanol–water partition coefficient (Wildman–Crippen LogP) is 2.28. The Kier molecular flexibility index (Phi) is 4.00. The lowest BCUT2D eigenvalue weighted by Crippen LogP contribution is -2.10. The van der Waals surface area contributed by atoms with E-state index < -0.39 is 5.91 Å². The number of benzene rings is 1. The summed E-state index contributed by atoms with van der Waals surface area (Å²) in [5.74, 6) is -0.417. The van der Waals surface area contributed by atoms with Gasteiger partial charge in [0.25, 0.3) is 0 Å². The van der Waals surface area contributed by atoms with Gasteiger partial charge in [0.2, 0.25) is 5.91 Å². The van der Waals surface area contributed by atoms with Gasteiger partial charge in [-0.3, -0.25) is 9.79 Å². The van der Waals surface area contributed by atoms with Gasteiger partial charge < -0.3 is 5.73 Å². The van der Waals surface area contributed by atoms with Crippen LogP contribution in [0.25, 0.3) is 5.57 Å². The summed E-state index contributed by atoms with van der Waals surface area (Å²) < 4.78 is 0. The third-order valence-electron chi connectivity index (χ3n) is 2.16. The van der Waals surface area contributed by atoms with Crippen molar-refractivity contribution in [2.75, 3.05) is 6.54 Å². The summed E-state index contributed by atoms with van der Waals surface area (Å²) in [5, 5.41) is 0. The Morgan fingerprint density at radius 3 is 2.19 bits per heavy atom. The van der Waals surface area contributed by atoms with Gasteiger partial charge in [0.05, 0.1) is 6.54 Å². The van der Waals surface area contributed by atoms with E-state index in [-0.39, 0.29) is 0 Å². The van der Waals surface area contributed by atoms with E-state index in [0.29, 0.717) is 12.1 Å². The van der Waals surface area contributed by atoms with Crippen molar-refractivity contribution in [2.45, 2.75) is 13.8 Å². The zero-order valence-corrected chi connectivity index (χ0v) is 9.66. The van der Waals surface area contributed by atoms with Gasteiger partial charge in [-0.25, -0.2) is 0 Å². The van der Waals surface area contributed by atoms with Crippen molar-refractivity contribution in [3.8, 4) is 0 Å². The maximum atomic E-state index is 10.9. The molecule has 0 aromatic heterocycles. The Hall–Kier alpha value is -1.90. The fraction of sp³-hybridized carbons (Fsp3) is 0.231. The van der Waals surface area contributed by atoms with Crippen LogP contribution in [0.15, 0.2) is 35.8 Å². The number of carbonyl (C=O) groups is 1. The van der Waals surface area contributed by atoms with Crippen LogP contribution >= 0.6 is 0 Å². The maximum Gasteiger partial charge on any atom is 0.248 e. The molecular formula is C13H16N2O. The molecule has 0 saturated heterocycles. The van der Waals surface area contributed by atoms with Crippen molar-refractivity contribution < 1.29 is 4.79 Å². The molecule has 84 valence electrons. The smallest absolute Gasteiger partial charge is 0.248 e. The second-order valence-electron chi connectivity index (χ2n) is 3.81. The first-order chi connectivity index (χ1) is 7.50. The second-order valence-corrected chi connectivity index (χ2v) is 3.81. The topological polar surface area (TPSA) is 55.4 Å². The Morgan fingerprint density at radius 1 is 1.25 bits per heavy atom. The number of hydrogen-bond acceptors (Lipinski definition) is 2. The predicted molar refractivity (Wildman–Crippen MR) is 67.6 cm³/mol. The number of carbonyl (C=O) groups excluding carboxylic acids is 1. The molecule has 3 heteroatoms. The molecule has 0 aliphatic heterocycles. The molecule has 1 aromatic carbocycles. The summed E-state index contributed by atoms with van der Waals surface area (Å²) in [6, 6.07) is 7.07. The van der Waals surface area contributed by atoms with Gasteiger partial charge >= 0.3 is 0 Å². The molecule has 1 rings (SSSR count). The lowest BCUT2D eigenvalue weighted by molar-refractivity contribution is 0.100. The number of nitrogens with two attached hydrogens (primary N) is 1. The molecule has 0 heterocycles. The molecule has 1 amide bonds. The first-order valence-electron chi connectivity index (χ1n) is 5.06. The Bertz CT molecular complexity index is 426. The molecule has 3 nitrogen and oxygen atoms in total. The van der Waals surface area contributed by atoms with Crippen LogP contribution in [0.4, 0.5) is 0 Å². The SMILES string of the molecule is C=C(CN=C(C)C)c1ccc(C(N)=O)cc1. The van der Waals surface area contributed by atoms with E-state index in [9.17, 15) is 4.79 Å². The fourth-order valence-electron chi connectivity index (χ4n) is 1.22. The van der Waals surface area contributed by atoms with Crippen molar-refractivity contribution in [2.24, 2.45) is 10.7 Å². The van der Waals surface area contributed by atoms with Gasteiger partial charge in [-0.15, -0.1) is 0 Å². The van der Waals surface area contributed by atoms with E-state index in [1.165, 1.54) is 0 Å². The molecule has 0 radical (unpaired) electrons. The van der Waals surface area contributed by atoms with Gasteiger partial charge in [-0.05, 0) is 37.1 Å². The normalized spacial score (nSPS) is 9.62. The number of amides is 1. The number of primary amides is 1. The fourth-order valence-corrected chi connectivity index (χ4v) is 1.22. The number of aliphatic imine (C=N–C) groups is 1. The average Bonchev–Trinajstić information content (AvgIpc) is 2.26. The summed E-state index contributed by atoms with van der Waals surface area (Å²) in [5.41, 5.74) is 8.59. The summed E-state index contributed by atoms with van der Waals surface area (Å²) in [6.07, 6.45) is 0. The molecule has 0 fully saturated rings. The van der Waals surface area contributed by atoms with Gasteiger partial charge in [0.15, 0.2) is 0 Å². The highest BCUT2D eigenvalue weighted by atomic mass is 16.1. The molecule has 0 aliphatic carbocycles. The van der Waals surface area contributed by atoms with E-state index in [0.717, 1.165) is 16.8 Å². The lowest BCUT2D eigenvalue weighted by atomic mass is 10.1.